The van der Waals surface area contributed by atoms with Crippen LogP contribution in [0.15, 0.2) is 58.0 Å². The van der Waals surface area contributed by atoms with Gasteiger partial charge < -0.3 is 9.32 Å². The molecule has 1 atom stereocenters. The minimum atomic E-state index is -3.44. The van der Waals surface area contributed by atoms with Gasteiger partial charge in [0.2, 0.25) is 10.0 Å². The van der Waals surface area contributed by atoms with Crippen molar-refractivity contribution in [3.63, 3.8) is 0 Å². The zero-order valence-corrected chi connectivity index (χ0v) is 16.3. The normalized spacial score (nSPS) is 16.7. The molecule has 3 aromatic rings. The van der Waals surface area contributed by atoms with Crippen molar-refractivity contribution in [1.82, 2.24) is 9.29 Å². The van der Waals surface area contributed by atoms with E-state index < -0.39 is 10.0 Å². The lowest BCUT2D eigenvalue weighted by atomic mass is 10.2. The van der Waals surface area contributed by atoms with E-state index in [-0.39, 0.29) is 10.9 Å². The number of sulfonamides is 1. The van der Waals surface area contributed by atoms with Gasteiger partial charge in [-0.3, -0.25) is 0 Å². The average Bonchev–Trinajstić information content (AvgIpc) is 3.37. The van der Waals surface area contributed by atoms with E-state index in [4.69, 9.17) is 4.42 Å². The number of fused-ring (bicyclic) bond motifs is 1. The van der Waals surface area contributed by atoms with Gasteiger partial charge in [0.1, 0.15) is 22.1 Å². The third-order valence-electron chi connectivity index (χ3n) is 5.22. The summed E-state index contributed by atoms with van der Waals surface area (Å²) < 4.78 is 32.7. The van der Waals surface area contributed by atoms with Gasteiger partial charge in [-0.2, -0.15) is 4.31 Å². The van der Waals surface area contributed by atoms with Crippen molar-refractivity contribution in [2.24, 2.45) is 0 Å². The second-order valence-electron chi connectivity index (χ2n) is 6.94. The summed E-state index contributed by atoms with van der Waals surface area (Å²) in [5.74, 6) is 1.54. The second-order valence-corrected chi connectivity index (χ2v) is 8.87. The Bertz CT molecular complexity index is 1000. The molecule has 0 bridgehead atoms. The van der Waals surface area contributed by atoms with Gasteiger partial charge in [-0.1, -0.05) is 18.2 Å². The fourth-order valence-corrected chi connectivity index (χ4v) is 4.87. The van der Waals surface area contributed by atoms with E-state index in [1.54, 1.807) is 12.1 Å². The molecular weight excluding hydrogens is 362 g/mol. The summed E-state index contributed by atoms with van der Waals surface area (Å²) >= 11 is 0. The van der Waals surface area contributed by atoms with Crippen molar-refractivity contribution in [2.45, 2.75) is 30.7 Å². The van der Waals surface area contributed by atoms with Crippen molar-refractivity contribution in [3.05, 3.63) is 54.4 Å². The zero-order valence-electron chi connectivity index (χ0n) is 15.5. The molecule has 2 aromatic heterocycles. The summed E-state index contributed by atoms with van der Waals surface area (Å²) in [6.07, 6.45) is 3.29. The predicted octanol–water partition coefficient (Wildman–Crippen LogP) is 3.81. The van der Waals surface area contributed by atoms with E-state index in [1.165, 1.54) is 10.5 Å². The summed E-state index contributed by atoms with van der Waals surface area (Å²) in [7, 11) is -1.51. The molecule has 4 rings (SSSR count). The lowest BCUT2D eigenvalue weighted by Crippen LogP contribution is -2.28. The minimum Gasteiger partial charge on any atom is -0.459 e. The van der Waals surface area contributed by atoms with Crippen molar-refractivity contribution >= 4 is 26.8 Å². The number of pyridine rings is 1. The number of rotatable bonds is 5. The van der Waals surface area contributed by atoms with Crippen LogP contribution < -0.4 is 4.90 Å². The fraction of sp³-hybridized carbons (Fsp3) is 0.350. The summed E-state index contributed by atoms with van der Waals surface area (Å²) in [4.78, 5) is 6.62. The van der Waals surface area contributed by atoms with Crippen LogP contribution in [0.1, 0.15) is 31.6 Å². The first-order valence-corrected chi connectivity index (χ1v) is 10.6. The number of hydrogen-bond acceptors (Lipinski definition) is 5. The summed E-state index contributed by atoms with van der Waals surface area (Å²) in [6.45, 7) is 3.22. The molecular formula is C20H23N3O3S. The van der Waals surface area contributed by atoms with Crippen molar-refractivity contribution in [2.75, 3.05) is 25.0 Å². The molecule has 1 unspecified atom stereocenters. The fourth-order valence-electron chi connectivity index (χ4n) is 3.41. The highest BCUT2D eigenvalue weighted by molar-refractivity contribution is 7.89. The molecule has 27 heavy (non-hydrogen) atoms. The highest BCUT2D eigenvalue weighted by Gasteiger charge is 2.27. The van der Waals surface area contributed by atoms with E-state index in [1.807, 2.05) is 49.2 Å². The van der Waals surface area contributed by atoms with Crippen molar-refractivity contribution in [3.8, 4) is 0 Å². The average molecular weight is 385 g/mol. The Balaban J connectivity index is 1.55. The first-order chi connectivity index (χ1) is 13.0. The lowest BCUT2D eigenvalue weighted by molar-refractivity contribution is 0.477. The standard InChI is InChI=1S/C20H23N3O3S/c1-15(19-13-16-7-3-4-8-18(16)26-19)22(2)20-10-9-17(14-21-20)27(24,25)23-11-5-6-12-23/h3-4,7-10,13-15H,5-6,11-12H2,1-2H3. The quantitative estimate of drug-likeness (QED) is 0.668. The largest absolute Gasteiger partial charge is 0.459 e. The van der Waals surface area contributed by atoms with Gasteiger partial charge in [-0.05, 0) is 44.0 Å². The van der Waals surface area contributed by atoms with Crippen LogP contribution in [0, 0.1) is 0 Å². The molecule has 0 spiro atoms. The van der Waals surface area contributed by atoms with Crippen LogP contribution >= 0.6 is 0 Å². The van der Waals surface area contributed by atoms with Gasteiger partial charge in [0.25, 0.3) is 0 Å². The summed E-state index contributed by atoms with van der Waals surface area (Å²) in [5, 5.41) is 1.06. The number of furan rings is 1. The van der Waals surface area contributed by atoms with Crippen LogP contribution in [0.4, 0.5) is 5.82 Å². The Labute approximate surface area is 159 Å². The Hall–Kier alpha value is -2.38. The first kappa shape index (κ1) is 18.0. The number of aromatic nitrogens is 1. The van der Waals surface area contributed by atoms with Crippen LogP contribution in [0.3, 0.4) is 0 Å². The maximum atomic E-state index is 12.6. The molecule has 1 saturated heterocycles. The molecule has 142 valence electrons. The van der Waals surface area contributed by atoms with Crippen LogP contribution in [0.2, 0.25) is 0 Å². The molecule has 0 N–H and O–H groups in total. The van der Waals surface area contributed by atoms with E-state index in [0.29, 0.717) is 18.9 Å². The number of nitrogens with zero attached hydrogens (tertiary/aromatic N) is 3. The highest BCUT2D eigenvalue weighted by Crippen LogP contribution is 2.29. The number of hydrogen-bond donors (Lipinski definition) is 0. The lowest BCUT2D eigenvalue weighted by Gasteiger charge is -2.24. The second kappa shape index (κ2) is 6.98. The zero-order chi connectivity index (χ0) is 19.0. The Kier molecular flexibility index (Phi) is 4.65. The van der Waals surface area contributed by atoms with Gasteiger partial charge in [0, 0.05) is 31.7 Å². The van der Waals surface area contributed by atoms with Gasteiger partial charge in [-0.15, -0.1) is 0 Å². The smallest absolute Gasteiger partial charge is 0.244 e. The van der Waals surface area contributed by atoms with Crippen LogP contribution in [0.25, 0.3) is 11.0 Å². The van der Waals surface area contributed by atoms with Crippen molar-refractivity contribution < 1.29 is 12.8 Å². The minimum absolute atomic E-state index is 0.0362. The van der Waals surface area contributed by atoms with E-state index in [2.05, 4.69) is 4.98 Å². The molecule has 0 amide bonds. The topological polar surface area (TPSA) is 66.7 Å². The van der Waals surface area contributed by atoms with Crippen LogP contribution in [-0.2, 0) is 10.0 Å². The molecule has 0 saturated carbocycles. The SMILES string of the molecule is CC(c1cc2ccccc2o1)N(C)c1ccc(S(=O)(=O)N2CCCC2)cn1. The van der Waals surface area contributed by atoms with Gasteiger partial charge in [0.15, 0.2) is 0 Å². The van der Waals surface area contributed by atoms with Gasteiger partial charge in [-0.25, -0.2) is 13.4 Å². The monoisotopic (exact) mass is 385 g/mol. The van der Waals surface area contributed by atoms with Gasteiger partial charge >= 0.3 is 0 Å². The molecule has 6 nitrogen and oxygen atoms in total. The first-order valence-electron chi connectivity index (χ1n) is 9.14. The molecule has 7 heteroatoms. The predicted molar refractivity (Wildman–Crippen MR) is 105 cm³/mol. The maximum Gasteiger partial charge on any atom is 0.244 e. The van der Waals surface area contributed by atoms with Crippen molar-refractivity contribution in [1.29, 1.82) is 0 Å². The molecule has 1 aliphatic heterocycles. The van der Waals surface area contributed by atoms with Gasteiger partial charge in [0.05, 0.1) is 6.04 Å². The molecule has 1 aliphatic rings. The molecule has 3 heterocycles. The summed E-state index contributed by atoms with van der Waals surface area (Å²) in [5.41, 5.74) is 0.854. The highest BCUT2D eigenvalue weighted by atomic mass is 32.2. The van der Waals surface area contributed by atoms with E-state index >= 15 is 0 Å². The van der Waals surface area contributed by atoms with E-state index in [0.717, 1.165) is 29.6 Å². The van der Waals surface area contributed by atoms with Crippen LogP contribution in [-0.4, -0.2) is 37.8 Å². The molecule has 1 aromatic carbocycles. The Morgan fingerprint density at radius 1 is 1.15 bits per heavy atom. The molecule has 0 radical (unpaired) electrons. The molecule has 0 aliphatic carbocycles. The number of anilines is 1. The number of para-hydroxylation sites is 1. The Morgan fingerprint density at radius 2 is 1.89 bits per heavy atom. The number of benzene rings is 1. The molecule has 1 fully saturated rings. The summed E-state index contributed by atoms with van der Waals surface area (Å²) in [6, 6.07) is 13.3. The third-order valence-corrected chi connectivity index (χ3v) is 7.10. The van der Waals surface area contributed by atoms with E-state index in [9.17, 15) is 8.42 Å². The Morgan fingerprint density at radius 3 is 2.56 bits per heavy atom. The van der Waals surface area contributed by atoms with Crippen LogP contribution in [0.5, 0.6) is 0 Å². The maximum absolute atomic E-state index is 12.6. The third kappa shape index (κ3) is 3.33.